The van der Waals surface area contributed by atoms with Gasteiger partial charge in [-0.1, -0.05) is 25.7 Å². The van der Waals surface area contributed by atoms with Gasteiger partial charge in [0.15, 0.2) is 0 Å². The molecule has 1 atom stereocenters. The molecule has 2 aromatic heterocycles. The van der Waals surface area contributed by atoms with Gasteiger partial charge in [0, 0.05) is 44.6 Å². The highest BCUT2D eigenvalue weighted by molar-refractivity contribution is 6.76. The topological polar surface area (TPSA) is 98.7 Å². The molecule has 0 saturated heterocycles. The molecule has 2 aromatic rings. The lowest BCUT2D eigenvalue weighted by molar-refractivity contribution is -0.191. The van der Waals surface area contributed by atoms with E-state index in [2.05, 4.69) is 29.6 Å². The zero-order chi connectivity index (χ0) is 21.1. The lowest BCUT2D eigenvalue weighted by Gasteiger charge is -2.23. The first-order valence-electron chi connectivity index (χ1n) is 9.30. The molecule has 29 heavy (non-hydrogen) atoms. The predicted octanol–water partition coefficient (Wildman–Crippen LogP) is 2.38. The Kier molecular flexibility index (Phi) is 5.93. The molecule has 2 aliphatic rings. The number of fused-ring (bicyclic) bond motifs is 3. The number of ether oxygens (including phenoxy) is 2. The van der Waals surface area contributed by atoms with Crippen LogP contribution in [0.1, 0.15) is 11.1 Å². The average Bonchev–Trinajstić information content (AvgIpc) is 3.17. The van der Waals surface area contributed by atoms with Crippen LogP contribution < -0.4 is 9.64 Å². The molecule has 1 amide bonds. The number of aromatic nitrogens is 2. The molecule has 2 aliphatic heterocycles. The van der Waals surface area contributed by atoms with Crippen LogP contribution in [0.2, 0.25) is 25.7 Å². The molecule has 1 spiro atoms. The summed E-state index contributed by atoms with van der Waals surface area (Å²) in [4.78, 5) is 39.9. The fourth-order valence-corrected chi connectivity index (χ4v) is 4.16. The second kappa shape index (κ2) is 8.24. The summed E-state index contributed by atoms with van der Waals surface area (Å²) in [7, 11) is -1.17. The molecule has 0 fully saturated rings. The first-order valence-corrected chi connectivity index (χ1v) is 13.0. The maximum absolute atomic E-state index is 13.3. The Labute approximate surface area is 169 Å². The van der Waals surface area contributed by atoms with Gasteiger partial charge in [0.25, 0.3) is 5.91 Å². The molecule has 152 valence electrons. The number of amides is 1. The standard InChI is InChI=1S/C19H23N3O3Si.CO2/c1-26(2,3)11-10-24-13-22-16-15(7-5-8-20-16)19(18(22)23)12-14-6-4-9-21-17(14)25-19;2-1-3/h4-9H,10-13H2,1-3H3;. The Hall–Kier alpha value is -2.87. The highest BCUT2D eigenvalue weighted by Crippen LogP contribution is 2.48. The Bertz CT molecular complexity index is 913. The number of hydrogen-bond acceptors (Lipinski definition) is 7. The molecular formula is C20H23N3O5Si. The number of anilines is 1. The Balaban J connectivity index is 0.000000755. The molecule has 4 heterocycles. The van der Waals surface area contributed by atoms with Gasteiger partial charge in [-0.2, -0.15) is 9.59 Å². The molecule has 9 heteroatoms. The summed E-state index contributed by atoms with van der Waals surface area (Å²) < 4.78 is 11.9. The fraction of sp³-hybridized carbons (Fsp3) is 0.400. The van der Waals surface area contributed by atoms with Crippen molar-refractivity contribution in [1.29, 1.82) is 0 Å². The van der Waals surface area contributed by atoms with Gasteiger partial charge in [-0.15, -0.1) is 0 Å². The predicted molar refractivity (Wildman–Crippen MR) is 106 cm³/mol. The molecule has 0 aromatic carbocycles. The van der Waals surface area contributed by atoms with Crippen LogP contribution in [0.25, 0.3) is 0 Å². The second-order valence-electron chi connectivity index (χ2n) is 8.11. The third kappa shape index (κ3) is 4.12. The third-order valence-corrected chi connectivity index (χ3v) is 6.55. The van der Waals surface area contributed by atoms with Crippen LogP contribution in [-0.4, -0.2) is 43.4 Å². The molecule has 0 N–H and O–H groups in total. The Morgan fingerprint density at radius 3 is 2.59 bits per heavy atom. The molecule has 1 unspecified atom stereocenters. The van der Waals surface area contributed by atoms with E-state index in [-0.39, 0.29) is 18.8 Å². The van der Waals surface area contributed by atoms with E-state index in [9.17, 15) is 4.79 Å². The van der Waals surface area contributed by atoms with E-state index < -0.39 is 13.7 Å². The summed E-state index contributed by atoms with van der Waals surface area (Å²) in [6.07, 6.45) is 4.10. The summed E-state index contributed by atoms with van der Waals surface area (Å²) >= 11 is 0. The van der Waals surface area contributed by atoms with Crippen molar-refractivity contribution >= 4 is 26.0 Å². The summed E-state index contributed by atoms with van der Waals surface area (Å²) in [6, 6.07) is 8.62. The van der Waals surface area contributed by atoms with Crippen LogP contribution in [-0.2, 0) is 31.1 Å². The van der Waals surface area contributed by atoms with Crippen LogP contribution >= 0.6 is 0 Å². The molecule has 0 aliphatic carbocycles. The number of nitrogens with zero attached hydrogens (tertiary/aromatic N) is 3. The SMILES string of the molecule is C[Si](C)(C)CCOCN1C(=O)C2(Cc3cccnc3O2)c2cccnc21.O=C=O. The summed E-state index contributed by atoms with van der Waals surface area (Å²) in [5, 5.41) is 0. The van der Waals surface area contributed by atoms with Crippen molar-refractivity contribution in [3.05, 3.63) is 47.8 Å². The van der Waals surface area contributed by atoms with E-state index >= 15 is 0 Å². The minimum atomic E-state index is -1.17. The molecular weight excluding hydrogens is 390 g/mol. The van der Waals surface area contributed by atoms with Crippen molar-refractivity contribution in [3.63, 3.8) is 0 Å². The van der Waals surface area contributed by atoms with E-state index in [0.717, 1.165) is 17.2 Å². The largest absolute Gasteiger partial charge is 0.455 e. The average molecular weight is 414 g/mol. The van der Waals surface area contributed by atoms with Crippen LogP contribution in [0.5, 0.6) is 5.88 Å². The van der Waals surface area contributed by atoms with Gasteiger partial charge in [0.05, 0.1) is 0 Å². The number of hydrogen-bond donors (Lipinski definition) is 0. The maximum Gasteiger partial charge on any atom is 0.373 e. The second-order valence-corrected chi connectivity index (χ2v) is 13.7. The summed E-state index contributed by atoms with van der Waals surface area (Å²) in [6.45, 7) is 7.76. The van der Waals surface area contributed by atoms with Gasteiger partial charge < -0.3 is 9.47 Å². The minimum Gasteiger partial charge on any atom is -0.455 e. The number of rotatable bonds is 5. The van der Waals surface area contributed by atoms with Gasteiger partial charge in [0.2, 0.25) is 11.5 Å². The van der Waals surface area contributed by atoms with E-state index in [1.165, 1.54) is 0 Å². The first-order chi connectivity index (χ1) is 13.8. The monoisotopic (exact) mass is 413 g/mol. The van der Waals surface area contributed by atoms with E-state index in [1.54, 1.807) is 17.3 Å². The van der Waals surface area contributed by atoms with Gasteiger partial charge >= 0.3 is 6.15 Å². The van der Waals surface area contributed by atoms with Gasteiger partial charge in [-0.05, 0) is 24.2 Å². The maximum atomic E-state index is 13.3. The quantitative estimate of drug-likeness (QED) is 0.548. The van der Waals surface area contributed by atoms with Crippen molar-refractivity contribution in [3.8, 4) is 5.88 Å². The Morgan fingerprint density at radius 1 is 1.21 bits per heavy atom. The summed E-state index contributed by atoms with van der Waals surface area (Å²) in [5.74, 6) is 1.02. The number of pyridine rings is 2. The molecule has 4 rings (SSSR count). The molecule has 0 saturated carbocycles. The lowest BCUT2D eigenvalue weighted by Crippen LogP contribution is -2.44. The van der Waals surface area contributed by atoms with Crippen molar-refractivity contribution in [2.45, 2.75) is 37.7 Å². The van der Waals surface area contributed by atoms with Crippen molar-refractivity contribution in [1.82, 2.24) is 9.97 Å². The smallest absolute Gasteiger partial charge is 0.373 e. The zero-order valence-electron chi connectivity index (χ0n) is 16.7. The van der Waals surface area contributed by atoms with Crippen LogP contribution in [0.3, 0.4) is 0 Å². The summed E-state index contributed by atoms with van der Waals surface area (Å²) in [5.41, 5.74) is 0.663. The van der Waals surface area contributed by atoms with Crippen LogP contribution in [0, 0.1) is 0 Å². The normalized spacial score (nSPS) is 19.1. The molecule has 0 radical (unpaired) electrons. The van der Waals surface area contributed by atoms with Gasteiger partial charge in [-0.3, -0.25) is 9.69 Å². The zero-order valence-corrected chi connectivity index (χ0v) is 17.7. The molecule has 8 nitrogen and oxygen atoms in total. The minimum absolute atomic E-state index is 0.128. The Morgan fingerprint density at radius 2 is 1.90 bits per heavy atom. The number of carbonyl (C=O) groups is 1. The van der Waals surface area contributed by atoms with Crippen molar-refractivity contribution < 1.29 is 23.9 Å². The van der Waals surface area contributed by atoms with Crippen molar-refractivity contribution in [2.24, 2.45) is 0 Å². The van der Waals surface area contributed by atoms with E-state index in [4.69, 9.17) is 19.1 Å². The van der Waals surface area contributed by atoms with Crippen LogP contribution in [0.4, 0.5) is 5.82 Å². The highest BCUT2D eigenvalue weighted by Gasteiger charge is 2.57. The van der Waals surface area contributed by atoms with Crippen molar-refractivity contribution in [2.75, 3.05) is 18.2 Å². The van der Waals surface area contributed by atoms with Gasteiger partial charge in [0.1, 0.15) is 12.5 Å². The number of carbonyl (C=O) groups excluding carboxylic acids is 3. The van der Waals surface area contributed by atoms with E-state index in [1.807, 2.05) is 24.3 Å². The molecule has 0 bridgehead atoms. The van der Waals surface area contributed by atoms with Gasteiger partial charge in [-0.25, -0.2) is 9.97 Å². The third-order valence-electron chi connectivity index (χ3n) is 4.85. The highest BCUT2D eigenvalue weighted by atomic mass is 28.3. The van der Waals surface area contributed by atoms with E-state index in [0.29, 0.717) is 24.7 Å². The fourth-order valence-electron chi connectivity index (χ4n) is 3.40. The van der Waals surface area contributed by atoms with Crippen LogP contribution in [0.15, 0.2) is 36.7 Å². The first kappa shape index (κ1) is 20.9. The lowest BCUT2D eigenvalue weighted by atomic mass is 9.92.